The number of hydrogen-bond donors (Lipinski definition) is 9. The maximum atomic E-state index is 14.4. The van der Waals surface area contributed by atoms with Gasteiger partial charge in [0.1, 0.15) is 30.2 Å². The molecule has 23 heteroatoms. The first-order chi connectivity index (χ1) is 38.9. The van der Waals surface area contributed by atoms with E-state index in [1.54, 1.807) is 73.7 Å². The van der Waals surface area contributed by atoms with E-state index in [0.29, 0.717) is 60.2 Å². The molecule has 2 aliphatic rings. The lowest BCUT2D eigenvalue weighted by Crippen LogP contribution is -2.59. The van der Waals surface area contributed by atoms with Gasteiger partial charge in [0, 0.05) is 54.9 Å². The van der Waals surface area contributed by atoms with Crippen molar-refractivity contribution in [2.24, 2.45) is 17.6 Å². The van der Waals surface area contributed by atoms with E-state index in [1.807, 2.05) is 57.2 Å². The Hall–Kier alpha value is -8.47. The van der Waals surface area contributed by atoms with Crippen LogP contribution in [-0.2, 0) is 51.2 Å². The Morgan fingerprint density at radius 1 is 0.659 bits per heavy atom. The van der Waals surface area contributed by atoms with E-state index in [9.17, 15) is 56.3 Å². The molecule has 1 fully saturated rings. The number of ketones is 2. The van der Waals surface area contributed by atoms with Crippen LogP contribution in [0, 0.1) is 11.8 Å². The van der Waals surface area contributed by atoms with Gasteiger partial charge in [-0.1, -0.05) is 131 Å². The highest BCUT2D eigenvalue weighted by molar-refractivity contribution is 6.30. The predicted molar refractivity (Wildman–Crippen MR) is 298 cm³/mol. The molecule has 7 atom stereocenters. The number of carbonyl (C=O) groups is 10. The standard InChI is InChI=1S/C57H71N9O9.C2HF3O2/c1-6-35(4)49(65-54(72)44(31-37-18-9-7-10-19-37)64-53(71)43(30-34(2)3)63-52(70)36(5)58)56(74)61-33-47(67)62-45(32-38-20-11-8-12-21-38)57(75)66-29-16-26-46(66)55(73)60-28-17-27-59-42-25-15-24-41-48(42)51(69)40-23-14-13-22-39(40)50(41)68;3-2(4,5)1(6)7/h7-15,18-25,34-36,43-46,49,59H,6,16-17,26-33,58H2,1-5H3,(H,60,73)(H,61,74)(H,62,67)(H,63,70)(H,64,71)(H,65,72);(H,6,7)/t35-,36-,43-,44-,45-,46-,49-;/m0./s1. The molecule has 0 saturated carbocycles. The van der Waals surface area contributed by atoms with Gasteiger partial charge in [-0.2, -0.15) is 13.2 Å². The Morgan fingerprint density at radius 3 is 1.78 bits per heavy atom. The number of fused-ring (bicyclic) bond motifs is 2. The fourth-order valence-electron chi connectivity index (χ4n) is 9.30. The maximum Gasteiger partial charge on any atom is 0.490 e. The summed E-state index contributed by atoms with van der Waals surface area (Å²) in [4.78, 5) is 133. The number of halogens is 3. The van der Waals surface area contributed by atoms with Gasteiger partial charge in [0.05, 0.1) is 18.2 Å². The summed E-state index contributed by atoms with van der Waals surface area (Å²) in [5, 5.41) is 27.1. The van der Waals surface area contributed by atoms with E-state index in [4.69, 9.17) is 15.6 Å². The predicted octanol–water partition coefficient (Wildman–Crippen LogP) is 3.98. The molecule has 6 rings (SSSR count). The van der Waals surface area contributed by atoms with Crippen molar-refractivity contribution in [1.29, 1.82) is 0 Å². The number of hydrogen-bond acceptors (Lipinski definition) is 12. The van der Waals surface area contributed by atoms with Crippen LogP contribution in [0.1, 0.15) is 110 Å². The Morgan fingerprint density at radius 2 is 1.21 bits per heavy atom. The number of nitrogens with zero attached hydrogens (tertiary/aromatic N) is 1. The van der Waals surface area contributed by atoms with Gasteiger partial charge in [0.15, 0.2) is 11.6 Å². The van der Waals surface area contributed by atoms with Gasteiger partial charge in [-0.25, -0.2) is 4.79 Å². The number of carbonyl (C=O) groups excluding carboxylic acids is 9. The third-order valence-corrected chi connectivity index (χ3v) is 13.8. The fraction of sp³-hybridized carbons (Fsp3) is 0.424. The fourth-order valence-corrected chi connectivity index (χ4v) is 9.30. The number of carboxylic acid groups (broad SMARTS) is 1. The number of carboxylic acids is 1. The first-order valence-corrected chi connectivity index (χ1v) is 27.2. The topological polar surface area (TPSA) is 304 Å². The van der Waals surface area contributed by atoms with Crippen LogP contribution in [0.5, 0.6) is 0 Å². The van der Waals surface area contributed by atoms with Crippen LogP contribution in [0.15, 0.2) is 103 Å². The summed E-state index contributed by atoms with van der Waals surface area (Å²) in [6, 6.07) is 23.9. The van der Waals surface area contributed by atoms with Gasteiger partial charge in [0.2, 0.25) is 41.4 Å². The molecule has 0 spiro atoms. The van der Waals surface area contributed by atoms with Crippen molar-refractivity contribution in [2.75, 3.05) is 31.5 Å². The minimum atomic E-state index is -5.08. The third kappa shape index (κ3) is 18.3. The summed E-state index contributed by atoms with van der Waals surface area (Å²) in [6.45, 7) is 9.29. The number of nitrogens with two attached hydrogens (primary N) is 1. The number of likely N-dealkylation sites (tertiary alicyclic amines) is 1. The smallest absolute Gasteiger partial charge is 0.475 e. The molecule has 10 N–H and O–H groups in total. The largest absolute Gasteiger partial charge is 0.490 e. The monoisotopic (exact) mass is 1140 g/mol. The SMILES string of the molecule is CC[C@H](C)[C@H](NC(=O)[C@H](Cc1ccccc1)NC(=O)[C@H](CC(C)C)NC(=O)[C@H](C)N)C(=O)NCC(=O)N[C@@H](Cc1ccccc1)C(=O)N1CCC[C@H]1C(=O)NCCCNc1cccc2c1C(=O)c1ccccc1C2=O.O=C(O)C(F)(F)F. The van der Waals surface area contributed by atoms with E-state index >= 15 is 0 Å². The molecule has 0 unspecified atom stereocenters. The zero-order valence-electron chi connectivity index (χ0n) is 46.4. The molecule has 82 heavy (non-hydrogen) atoms. The van der Waals surface area contributed by atoms with Gasteiger partial charge < -0.3 is 53.0 Å². The van der Waals surface area contributed by atoms with Gasteiger partial charge >= 0.3 is 12.1 Å². The molecule has 4 aromatic rings. The highest BCUT2D eigenvalue weighted by atomic mass is 19.4. The summed E-state index contributed by atoms with van der Waals surface area (Å²) in [6.07, 6.45) is -2.73. The van der Waals surface area contributed by atoms with Crippen molar-refractivity contribution in [3.05, 3.63) is 137 Å². The lowest BCUT2D eigenvalue weighted by molar-refractivity contribution is -0.192. The van der Waals surface area contributed by atoms with Crippen molar-refractivity contribution in [2.45, 2.75) is 122 Å². The minimum absolute atomic E-state index is 0.00580. The number of nitrogens with one attached hydrogen (secondary N) is 7. The second kappa shape index (κ2) is 30.4. The average Bonchev–Trinajstić information content (AvgIpc) is 4.06. The second-order valence-electron chi connectivity index (χ2n) is 20.6. The van der Waals surface area contributed by atoms with Gasteiger partial charge in [-0.15, -0.1) is 0 Å². The molecule has 4 aromatic carbocycles. The first kappa shape index (κ1) is 64.4. The van der Waals surface area contributed by atoms with Crippen molar-refractivity contribution >= 4 is 64.6 Å². The quantitative estimate of drug-likeness (QED) is 0.0374. The van der Waals surface area contributed by atoms with Crippen molar-refractivity contribution in [3.8, 4) is 0 Å². The normalized spacial score (nSPS) is 15.8. The molecule has 0 aromatic heterocycles. The zero-order valence-corrected chi connectivity index (χ0v) is 46.4. The molecule has 20 nitrogen and oxygen atoms in total. The van der Waals surface area contributed by atoms with Crippen LogP contribution in [0.2, 0.25) is 0 Å². The highest BCUT2D eigenvalue weighted by Gasteiger charge is 2.40. The molecule has 1 aliphatic carbocycles. The summed E-state index contributed by atoms with van der Waals surface area (Å²) in [5.41, 5.74) is 9.17. The summed E-state index contributed by atoms with van der Waals surface area (Å²) >= 11 is 0. The first-order valence-electron chi connectivity index (χ1n) is 27.2. The summed E-state index contributed by atoms with van der Waals surface area (Å²) in [7, 11) is 0. The lowest BCUT2D eigenvalue weighted by Gasteiger charge is -2.29. The van der Waals surface area contributed by atoms with Crippen LogP contribution < -0.4 is 43.0 Å². The molecule has 440 valence electrons. The molecule has 0 radical (unpaired) electrons. The number of benzene rings is 4. The number of aliphatic carboxylic acids is 1. The van der Waals surface area contributed by atoms with E-state index in [-0.39, 0.29) is 55.7 Å². The minimum Gasteiger partial charge on any atom is -0.475 e. The van der Waals surface area contributed by atoms with Crippen molar-refractivity contribution in [1.82, 2.24) is 36.8 Å². The van der Waals surface area contributed by atoms with E-state index in [0.717, 1.165) is 11.1 Å². The van der Waals surface area contributed by atoms with Gasteiger partial charge in [0.25, 0.3) is 0 Å². The maximum absolute atomic E-state index is 14.4. The van der Waals surface area contributed by atoms with E-state index in [1.165, 1.54) is 11.8 Å². The number of alkyl halides is 3. The molecule has 1 saturated heterocycles. The van der Waals surface area contributed by atoms with Crippen LogP contribution in [0.4, 0.5) is 18.9 Å². The van der Waals surface area contributed by atoms with Crippen LogP contribution in [0.25, 0.3) is 0 Å². The third-order valence-electron chi connectivity index (χ3n) is 13.8. The summed E-state index contributed by atoms with van der Waals surface area (Å²) in [5.74, 6) is -7.53. The molecular formula is C59H72F3N9O11. The van der Waals surface area contributed by atoms with Gasteiger partial charge in [-0.05, 0) is 61.6 Å². The average molecular weight is 1140 g/mol. The highest BCUT2D eigenvalue weighted by Crippen LogP contribution is 2.32. The van der Waals surface area contributed by atoms with E-state index in [2.05, 4.69) is 37.2 Å². The van der Waals surface area contributed by atoms with Gasteiger partial charge in [-0.3, -0.25) is 43.2 Å². The molecule has 7 amide bonds. The Bertz CT molecular complexity index is 2930. The van der Waals surface area contributed by atoms with Crippen LogP contribution in [-0.4, -0.2) is 137 Å². The number of anilines is 1. The molecule has 1 aliphatic heterocycles. The zero-order chi connectivity index (χ0) is 60.3. The van der Waals surface area contributed by atoms with Crippen molar-refractivity contribution in [3.63, 3.8) is 0 Å². The van der Waals surface area contributed by atoms with Crippen LogP contribution >= 0.6 is 0 Å². The lowest BCUT2D eigenvalue weighted by atomic mass is 9.83. The Labute approximate surface area is 473 Å². The molecule has 1 heterocycles. The molecular weight excluding hydrogens is 1070 g/mol. The van der Waals surface area contributed by atoms with Crippen molar-refractivity contribution < 1.29 is 66.2 Å². The second-order valence-corrected chi connectivity index (χ2v) is 20.6. The molecule has 0 bridgehead atoms. The Balaban J connectivity index is 0.00000165. The summed E-state index contributed by atoms with van der Waals surface area (Å²) < 4.78 is 31.7. The number of rotatable bonds is 25. The Kier molecular flexibility index (Phi) is 23.8. The van der Waals surface area contributed by atoms with Crippen LogP contribution in [0.3, 0.4) is 0 Å². The van der Waals surface area contributed by atoms with E-state index < -0.39 is 96.3 Å². The number of amides is 7.